The van der Waals surface area contributed by atoms with Crippen molar-refractivity contribution in [1.29, 1.82) is 0 Å². The summed E-state index contributed by atoms with van der Waals surface area (Å²) in [7, 11) is 0. The van der Waals surface area contributed by atoms with Crippen molar-refractivity contribution in [1.82, 2.24) is 4.90 Å². The minimum atomic E-state index is -1.07. The Kier molecular flexibility index (Phi) is 7.34. The fraction of sp³-hybridized carbons (Fsp3) is 0.211. The van der Waals surface area contributed by atoms with Crippen LogP contribution in [0.3, 0.4) is 0 Å². The first kappa shape index (κ1) is 22.2. The average molecular weight is 488 g/mol. The maximum atomic E-state index is 12.8. The van der Waals surface area contributed by atoms with E-state index in [2.05, 4.69) is 0 Å². The zero-order valence-corrected chi connectivity index (χ0v) is 19.0. The molecule has 1 fully saturated rings. The topological polar surface area (TPSA) is 70.8 Å². The van der Waals surface area contributed by atoms with E-state index in [1.54, 1.807) is 36.4 Å². The standard InChI is InChI=1S/C19H15Cl2NO4S3/c1-28-7-6-14(18(24)25)22-17(23)16(29-19(22)27)9-11-3-5-15(26-11)12-4-2-10(20)8-13(12)21/h2-5,8-9,14H,6-7H2,1H3,(H,24,25)/b16-9+/t14-/m1/s1. The minimum Gasteiger partial charge on any atom is -0.480 e. The Morgan fingerprint density at radius 1 is 1.38 bits per heavy atom. The number of carboxylic acids is 1. The van der Waals surface area contributed by atoms with Gasteiger partial charge < -0.3 is 9.52 Å². The molecule has 1 atom stereocenters. The number of carboxylic acid groups (broad SMARTS) is 1. The number of carbonyl (C=O) groups is 2. The third-order valence-electron chi connectivity index (χ3n) is 4.11. The maximum absolute atomic E-state index is 12.8. The summed E-state index contributed by atoms with van der Waals surface area (Å²) >= 11 is 20.0. The van der Waals surface area contributed by atoms with Crippen LogP contribution in [0.25, 0.3) is 17.4 Å². The smallest absolute Gasteiger partial charge is 0.326 e. The number of benzene rings is 1. The predicted octanol–water partition coefficient (Wildman–Crippen LogP) is 5.66. The summed E-state index contributed by atoms with van der Waals surface area (Å²) in [5.74, 6) is 0.0562. The van der Waals surface area contributed by atoms with E-state index < -0.39 is 17.9 Å². The highest BCUT2D eigenvalue weighted by molar-refractivity contribution is 8.26. The van der Waals surface area contributed by atoms with E-state index in [1.165, 1.54) is 16.7 Å². The van der Waals surface area contributed by atoms with Crippen molar-refractivity contribution in [2.75, 3.05) is 12.0 Å². The molecule has 1 aliphatic heterocycles. The van der Waals surface area contributed by atoms with Crippen molar-refractivity contribution in [3.63, 3.8) is 0 Å². The zero-order chi connectivity index (χ0) is 21.1. The van der Waals surface area contributed by atoms with Crippen LogP contribution in [0.2, 0.25) is 10.0 Å². The average Bonchev–Trinajstić information content (AvgIpc) is 3.21. The van der Waals surface area contributed by atoms with Gasteiger partial charge in [0.15, 0.2) is 0 Å². The van der Waals surface area contributed by atoms with Crippen LogP contribution >= 0.6 is 58.9 Å². The minimum absolute atomic E-state index is 0.224. The molecule has 1 aliphatic rings. The predicted molar refractivity (Wildman–Crippen MR) is 124 cm³/mol. The van der Waals surface area contributed by atoms with Crippen LogP contribution in [0, 0.1) is 0 Å². The van der Waals surface area contributed by atoms with Crippen molar-refractivity contribution in [3.05, 3.63) is 51.0 Å². The maximum Gasteiger partial charge on any atom is 0.326 e. The largest absolute Gasteiger partial charge is 0.480 e. The van der Waals surface area contributed by atoms with Crippen LogP contribution in [0.5, 0.6) is 0 Å². The Labute approximate surface area is 191 Å². The summed E-state index contributed by atoms with van der Waals surface area (Å²) in [5.41, 5.74) is 0.672. The molecular formula is C19H15Cl2NO4S3. The molecule has 1 amide bonds. The van der Waals surface area contributed by atoms with Gasteiger partial charge in [-0.2, -0.15) is 11.8 Å². The monoisotopic (exact) mass is 487 g/mol. The van der Waals surface area contributed by atoms with Gasteiger partial charge in [0.2, 0.25) is 0 Å². The van der Waals surface area contributed by atoms with Crippen LogP contribution in [-0.4, -0.2) is 44.3 Å². The van der Waals surface area contributed by atoms with Gasteiger partial charge >= 0.3 is 5.97 Å². The second kappa shape index (κ2) is 9.57. The van der Waals surface area contributed by atoms with E-state index in [0.717, 1.165) is 11.8 Å². The molecule has 0 radical (unpaired) electrons. The van der Waals surface area contributed by atoms with Gasteiger partial charge in [0.25, 0.3) is 5.91 Å². The summed E-state index contributed by atoms with van der Waals surface area (Å²) in [6, 6.07) is 7.52. The van der Waals surface area contributed by atoms with Crippen LogP contribution < -0.4 is 0 Å². The van der Waals surface area contributed by atoms with Crippen LogP contribution in [-0.2, 0) is 9.59 Å². The Balaban J connectivity index is 1.84. The fourth-order valence-electron chi connectivity index (χ4n) is 2.73. The third-order valence-corrected chi connectivity index (χ3v) is 6.63. The van der Waals surface area contributed by atoms with E-state index in [9.17, 15) is 14.7 Å². The molecular weight excluding hydrogens is 473 g/mol. The van der Waals surface area contributed by atoms with E-state index in [4.69, 9.17) is 39.8 Å². The Morgan fingerprint density at radius 2 is 2.14 bits per heavy atom. The highest BCUT2D eigenvalue weighted by atomic mass is 35.5. The number of carbonyl (C=O) groups excluding carboxylic acids is 1. The number of nitrogens with zero attached hydrogens (tertiary/aromatic N) is 1. The molecule has 0 bridgehead atoms. The number of amides is 1. The Morgan fingerprint density at radius 3 is 2.79 bits per heavy atom. The van der Waals surface area contributed by atoms with Gasteiger partial charge in [-0.05, 0) is 48.8 Å². The molecule has 2 aromatic rings. The van der Waals surface area contributed by atoms with Crippen molar-refractivity contribution >= 4 is 81.2 Å². The number of hydrogen-bond donors (Lipinski definition) is 1. The molecule has 3 rings (SSSR count). The van der Waals surface area contributed by atoms with Crippen molar-refractivity contribution < 1.29 is 19.1 Å². The zero-order valence-electron chi connectivity index (χ0n) is 15.1. The molecule has 29 heavy (non-hydrogen) atoms. The molecule has 0 aliphatic carbocycles. The number of halogens is 2. The van der Waals surface area contributed by atoms with Gasteiger partial charge in [-0.3, -0.25) is 9.69 Å². The number of thiocarbonyl (C=S) groups is 1. The summed E-state index contributed by atoms with van der Waals surface area (Å²) in [4.78, 5) is 25.9. The quantitative estimate of drug-likeness (QED) is 0.398. The summed E-state index contributed by atoms with van der Waals surface area (Å²) in [5, 5.41) is 10.5. The lowest BCUT2D eigenvalue weighted by molar-refractivity contribution is -0.145. The van der Waals surface area contributed by atoms with E-state index >= 15 is 0 Å². The molecule has 152 valence electrons. The normalized spacial score (nSPS) is 16.7. The van der Waals surface area contributed by atoms with Gasteiger partial charge in [0.1, 0.15) is 21.9 Å². The van der Waals surface area contributed by atoms with E-state index in [1.807, 2.05) is 6.26 Å². The molecule has 1 N–H and O–H groups in total. The first-order valence-corrected chi connectivity index (χ1v) is 11.7. The molecule has 1 aromatic carbocycles. The van der Waals surface area contributed by atoms with Gasteiger partial charge in [0.05, 0.1) is 9.93 Å². The fourth-order valence-corrected chi connectivity index (χ4v) is 5.03. The lowest BCUT2D eigenvalue weighted by Crippen LogP contribution is -2.44. The number of furan rings is 1. The number of hydrogen-bond acceptors (Lipinski definition) is 6. The number of thioether (sulfide) groups is 2. The van der Waals surface area contributed by atoms with Crippen LogP contribution in [0.1, 0.15) is 12.2 Å². The Hall–Kier alpha value is -1.45. The number of rotatable bonds is 7. The third kappa shape index (κ3) is 5.00. The number of aliphatic carboxylic acids is 1. The molecule has 0 spiro atoms. The van der Waals surface area contributed by atoms with Crippen molar-refractivity contribution in [2.45, 2.75) is 12.5 Å². The first-order valence-electron chi connectivity index (χ1n) is 8.36. The lowest BCUT2D eigenvalue weighted by Gasteiger charge is -2.22. The first-order chi connectivity index (χ1) is 13.8. The lowest BCUT2D eigenvalue weighted by atomic mass is 10.2. The van der Waals surface area contributed by atoms with Crippen molar-refractivity contribution in [2.24, 2.45) is 0 Å². The molecule has 2 heterocycles. The molecule has 0 unspecified atom stereocenters. The van der Waals surface area contributed by atoms with Gasteiger partial charge in [-0.15, -0.1) is 0 Å². The second-order valence-corrected chi connectivity index (χ2v) is 9.52. The van der Waals surface area contributed by atoms with Gasteiger partial charge in [0, 0.05) is 16.7 Å². The second-order valence-electron chi connectivity index (χ2n) is 6.01. The van der Waals surface area contributed by atoms with Crippen LogP contribution in [0.15, 0.2) is 39.7 Å². The molecule has 0 saturated carbocycles. The SMILES string of the molecule is CSCC[C@H](C(=O)O)N1C(=O)/C(=C\c2ccc(-c3ccc(Cl)cc3Cl)o2)SC1=S. The molecule has 1 saturated heterocycles. The summed E-state index contributed by atoms with van der Waals surface area (Å²) in [6.07, 6.45) is 3.75. The van der Waals surface area contributed by atoms with E-state index in [-0.39, 0.29) is 4.32 Å². The summed E-state index contributed by atoms with van der Waals surface area (Å²) < 4.78 is 6.02. The van der Waals surface area contributed by atoms with Crippen LogP contribution in [0.4, 0.5) is 0 Å². The van der Waals surface area contributed by atoms with Crippen molar-refractivity contribution in [3.8, 4) is 11.3 Å². The molecule has 10 heteroatoms. The Bertz CT molecular complexity index is 1010. The van der Waals surface area contributed by atoms with E-state index in [0.29, 0.717) is 44.2 Å². The highest BCUT2D eigenvalue weighted by Gasteiger charge is 2.40. The van der Waals surface area contributed by atoms with Gasteiger partial charge in [-0.1, -0.05) is 47.2 Å². The van der Waals surface area contributed by atoms with Gasteiger partial charge in [-0.25, -0.2) is 4.79 Å². The highest BCUT2D eigenvalue weighted by Crippen LogP contribution is 2.36. The molecule has 5 nitrogen and oxygen atoms in total. The summed E-state index contributed by atoms with van der Waals surface area (Å²) in [6.45, 7) is 0. The molecule has 1 aromatic heterocycles.